The fraction of sp³-hybridized carbons (Fsp3) is 0.929. The lowest BCUT2D eigenvalue weighted by Crippen LogP contribution is -2.68. The molecule has 15 heteroatoms. The van der Waals surface area contributed by atoms with Crippen molar-refractivity contribution in [3.8, 4) is 0 Å². The second-order valence-electron chi connectivity index (χ2n) is 20.9. The highest BCUT2D eigenvalue weighted by molar-refractivity contribution is 5.77. The van der Waals surface area contributed by atoms with E-state index in [0.717, 1.165) is 24.8 Å². The van der Waals surface area contributed by atoms with E-state index in [1.165, 1.54) is 0 Å². The zero-order valence-corrected chi connectivity index (χ0v) is 34.4. The molecule has 0 aromatic heterocycles. The molecule has 4 saturated carbocycles. The van der Waals surface area contributed by atoms with E-state index in [9.17, 15) is 55.9 Å². The van der Waals surface area contributed by atoms with Crippen molar-refractivity contribution < 1.29 is 74.8 Å². The van der Waals surface area contributed by atoms with E-state index in [1.807, 2.05) is 13.8 Å². The number of aliphatic carboxylic acids is 1. The number of ether oxygens (including phenoxy) is 4. The largest absolute Gasteiger partial charge is 0.481 e. The molecule has 0 radical (unpaired) electrons. The third kappa shape index (κ3) is 6.35. The van der Waals surface area contributed by atoms with E-state index in [2.05, 4.69) is 40.7 Å². The van der Waals surface area contributed by atoms with Gasteiger partial charge in [-0.1, -0.05) is 60.1 Å². The number of carboxylic acid groups (broad SMARTS) is 1. The molecule has 7 aliphatic rings. The van der Waals surface area contributed by atoms with Gasteiger partial charge in [-0.3, -0.25) is 4.79 Å². The first-order valence-electron chi connectivity index (χ1n) is 21.0. The van der Waals surface area contributed by atoms with Crippen LogP contribution in [0.5, 0.6) is 0 Å². The van der Waals surface area contributed by atoms with Gasteiger partial charge >= 0.3 is 5.97 Å². The van der Waals surface area contributed by atoms with Crippen LogP contribution in [0, 0.1) is 50.2 Å². The number of aliphatic hydroxyl groups excluding tert-OH is 9. The predicted octanol–water partition coefficient (Wildman–Crippen LogP) is 0.824. The maximum Gasteiger partial charge on any atom is 0.310 e. The molecule has 2 saturated heterocycles. The summed E-state index contributed by atoms with van der Waals surface area (Å²) < 4.78 is 24.1. The second kappa shape index (κ2) is 14.7. The monoisotopic (exact) mass is 812 g/mol. The Morgan fingerprint density at radius 3 is 1.96 bits per heavy atom. The lowest BCUT2D eigenvalue weighted by atomic mass is 9.33. The van der Waals surface area contributed by atoms with Crippen molar-refractivity contribution in [2.75, 3.05) is 13.2 Å². The van der Waals surface area contributed by atoms with Gasteiger partial charge in [0.2, 0.25) is 0 Å². The number of hydrogen-bond donors (Lipinski definition) is 10. The van der Waals surface area contributed by atoms with Crippen LogP contribution < -0.4 is 0 Å². The Bertz CT molecular complexity index is 1550. The summed E-state index contributed by atoms with van der Waals surface area (Å²) in [5.74, 6) is -0.827. The van der Waals surface area contributed by atoms with Crippen LogP contribution in [0.1, 0.15) is 99.8 Å². The van der Waals surface area contributed by atoms with E-state index >= 15 is 0 Å². The fourth-order valence-corrected chi connectivity index (χ4v) is 13.8. The fourth-order valence-electron chi connectivity index (χ4n) is 13.8. The van der Waals surface area contributed by atoms with Gasteiger partial charge in [-0.15, -0.1) is 0 Å². The number of rotatable bonds is 7. The third-order valence-electron chi connectivity index (χ3n) is 17.4. The van der Waals surface area contributed by atoms with Gasteiger partial charge in [-0.25, -0.2) is 0 Å². The zero-order valence-electron chi connectivity index (χ0n) is 34.4. The van der Waals surface area contributed by atoms with Gasteiger partial charge in [-0.05, 0) is 96.2 Å². The molecular formula is C42H68O15. The van der Waals surface area contributed by atoms with Gasteiger partial charge in [0.25, 0.3) is 0 Å². The number of hydrogen-bond acceptors (Lipinski definition) is 14. The summed E-state index contributed by atoms with van der Waals surface area (Å²) in [6, 6.07) is 0. The van der Waals surface area contributed by atoms with Crippen molar-refractivity contribution in [1.29, 1.82) is 0 Å². The lowest BCUT2D eigenvalue weighted by molar-refractivity contribution is -0.377. The van der Waals surface area contributed by atoms with Crippen molar-refractivity contribution in [3.05, 3.63) is 11.6 Å². The summed E-state index contributed by atoms with van der Waals surface area (Å²) in [6.07, 6.45) is -11.6. The number of fused-ring (bicyclic) bond motifs is 7. The maximum absolute atomic E-state index is 13.7. The first-order valence-corrected chi connectivity index (χ1v) is 21.0. The molecule has 0 bridgehead atoms. The minimum Gasteiger partial charge on any atom is -0.481 e. The lowest BCUT2D eigenvalue weighted by Gasteiger charge is -2.71. The third-order valence-corrected chi connectivity index (χ3v) is 17.4. The Morgan fingerprint density at radius 1 is 0.737 bits per heavy atom. The first-order chi connectivity index (χ1) is 26.4. The van der Waals surface area contributed by atoms with Crippen molar-refractivity contribution in [3.63, 3.8) is 0 Å². The standard InChI is InChI=1S/C42H68O15/c1-37(2)14-20-19-8-9-25-39(5)15-21(45)33(51)38(3,4)24(39)10-11-41(25,7)40(19,6)12-13-42(20,36(52)53)16-26(37)56-35-32(30(49)28(47)23(18-44)55-35)57-34-31(50)29(48)27(46)22(17-43)54-34/h8,20-35,43-51H,9-18H2,1-7H3,(H,52,53)/t20-,21+,22+,23+,24-,25+,26-,27+,28+,29-,30-,31+,32+,33-,34-,35-,39-,40+,41+,42+/m0/s1. The first kappa shape index (κ1) is 43.8. The molecule has 326 valence electrons. The number of aliphatic hydroxyl groups is 9. The minimum atomic E-state index is -1.83. The molecule has 0 unspecified atom stereocenters. The summed E-state index contributed by atoms with van der Waals surface area (Å²) in [5, 5.41) is 107. The highest BCUT2D eigenvalue weighted by atomic mass is 16.8. The highest BCUT2D eigenvalue weighted by Crippen LogP contribution is 2.76. The smallest absolute Gasteiger partial charge is 0.310 e. The molecule has 5 aliphatic carbocycles. The maximum atomic E-state index is 13.7. The summed E-state index contributed by atoms with van der Waals surface area (Å²) in [6.45, 7) is 13.7. The SMILES string of the molecule is CC1(C)C[C@H]2C3=CC[C@@H]4[C@@]5(C)C[C@@H](O)[C@H](O)C(C)(C)[C@@H]5CC[C@@]4(C)[C@]3(C)CC[C@@]2(C(=O)O)C[C@@H]1O[C@@H]1O[C@H](CO)[C@@H](O)[C@H](O)[C@H]1O[C@@H]1O[C@H](CO)[C@@H](O)[C@H](O)[C@H]1O. The molecule has 15 nitrogen and oxygen atoms in total. The van der Waals surface area contributed by atoms with Crippen LogP contribution in [-0.2, 0) is 23.7 Å². The molecule has 0 amide bonds. The van der Waals surface area contributed by atoms with Gasteiger partial charge in [0.15, 0.2) is 12.6 Å². The van der Waals surface area contributed by atoms with E-state index in [1.54, 1.807) is 0 Å². The van der Waals surface area contributed by atoms with Crippen LogP contribution in [0.4, 0.5) is 0 Å². The van der Waals surface area contributed by atoms with Crippen LogP contribution >= 0.6 is 0 Å². The van der Waals surface area contributed by atoms with Crippen LogP contribution in [0.2, 0.25) is 0 Å². The Morgan fingerprint density at radius 2 is 1.35 bits per heavy atom. The quantitative estimate of drug-likeness (QED) is 0.126. The summed E-state index contributed by atoms with van der Waals surface area (Å²) in [7, 11) is 0. The van der Waals surface area contributed by atoms with Gasteiger partial charge in [0, 0.05) is 0 Å². The van der Waals surface area contributed by atoms with Crippen LogP contribution in [0.15, 0.2) is 11.6 Å². The van der Waals surface area contributed by atoms with Crippen molar-refractivity contribution in [2.24, 2.45) is 50.2 Å². The van der Waals surface area contributed by atoms with Gasteiger partial charge in [0.1, 0.15) is 48.8 Å². The number of carboxylic acids is 1. The van der Waals surface area contributed by atoms with Crippen LogP contribution in [0.25, 0.3) is 0 Å². The molecule has 0 spiro atoms. The average Bonchev–Trinajstić information content (AvgIpc) is 3.14. The Kier molecular flexibility index (Phi) is 11.3. The molecule has 0 aromatic rings. The molecule has 0 aromatic carbocycles. The summed E-state index contributed by atoms with van der Waals surface area (Å²) >= 11 is 0. The van der Waals surface area contributed by atoms with Crippen molar-refractivity contribution in [1.82, 2.24) is 0 Å². The van der Waals surface area contributed by atoms with Crippen molar-refractivity contribution >= 4 is 5.97 Å². The van der Waals surface area contributed by atoms with E-state index < -0.39 is 115 Å². The molecule has 57 heavy (non-hydrogen) atoms. The number of carbonyl (C=O) groups is 1. The molecule has 2 aliphatic heterocycles. The van der Waals surface area contributed by atoms with Crippen LogP contribution in [0.3, 0.4) is 0 Å². The zero-order chi connectivity index (χ0) is 42.0. The van der Waals surface area contributed by atoms with Gasteiger partial charge in [0.05, 0.1) is 36.9 Å². The molecule has 10 N–H and O–H groups in total. The Hall–Kier alpha value is -1.31. The van der Waals surface area contributed by atoms with E-state index in [0.29, 0.717) is 25.7 Å². The average molecular weight is 813 g/mol. The van der Waals surface area contributed by atoms with Crippen LogP contribution in [-0.4, -0.2) is 150 Å². The van der Waals surface area contributed by atoms with Crippen molar-refractivity contribution in [2.45, 2.75) is 180 Å². The molecule has 20 atom stereocenters. The minimum absolute atomic E-state index is 0.0840. The molecule has 7 rings (SSSR count). The summed E-state index contributed by atoms with van der Waals surface area (Å²) in [5.41, 5.74) is -1.94. The van der Waals surface area contributed by atoms with Gasteiger partial charge < -0.3 is 70.0 Å². The molecule has 6 fully saturated rings. The normalized spacial score (nSPS) is 54.4. The van der Waals surface area contributed by atoms with Gasteiger partial charge in [-0.2, -0.15) is 0 Å². The molecule has 2 heterocycles. The predicted molar refractivity (Wildman–Crippen MR) is 201 cm³/mol. The topological polar surface area (TPSA) is 256 Å². The highest BCUT2D eigenvalue weighted by Gasteiger charge is 2.71. The Labute approximate surface area is 335 Å². The molecular weight excluding hydrogens is 744 g/mol. The second-order valence-corrected chi connectivity index (χ2v) is 20.9. The summed E-state index contributed by atoms with van der Waals surface area (Å²) in [4.78, 5) is 13.7. The Balaban J connectivity index is 1.19. The van der Waals surface area contributed by atoms with E-state index in [4.69, 9.17) is 18.9 Å². The van der Waals surface area contributed by atoms with E-state index in [-0.39, 0.29) is 40.4 Å². The number of allylic oxidation sites excluding steroid dienone is 2.